The predicted octanol–water partition coefficient (Wildman–Crippen LogP) is 1.56. The van der Waals surface area contributed by atoms with Gasteiger partial charge in [-0.1, -0.05) is 29.5 Å². The topological polar surface area (TPSA) is 92.3 Å². The average Bonchev–Trinajstić information content (AvgIpc) is 2.81. The van der Waals surface area contributed by atoms with Gasteiger partial charge in [0.15, 0.2) is 0 Å². The molecule has 0 fully saturated rings. The number of sulfonamides is 1. The second-order valence-electron chi connectivity index (χ2n) is 4.73. The number of hydrogen-bond acceptors (Lipinski definition) is 6. The number of nitrogens with zero attached hydrogens (tertiary/aromatic N) is 3. The SMILES string of the molecule is Cc1nnc(NC(=O)CN(c2ccccc2C)S(C)(=O)=O)s1. The van der Waals surface area contributed by atoms with E-state index in [0.717, 1.165) is 16.1 Å². The van der Waals surface area contributed by atoms with Gasteiger partial charge in [-0.25, -0.2) is 8.42 Å². The number of benzene rings is 1. The number of carbonyl (C=O) groups is 1. The van der Waals surface area contributed by atoms with Crippen molar-refractivity contribution in [2.75, 3.05) is 22.4 Å². The molecule has 2 rings (SSSR count). The highest BCUT2D eigenvalue weighted by Gasteiger charge is 2.22. The van der Waals surface area contributed by atoms with Crippen LogP contribution in [-0.4, -0.2) is 37.3 Å². The Morgan fingerprint density at radius 2 is 1.95 bits per heavy atom. The molecule has 1 heterocycles. The molecule has 22 heavy (non-hydrogen) atoms. The third-order valence-corrected chi connectivity index (χ3v) is 4.72. The van der Waals surface area contributed by atoms with Crippen molar-refractivity contribution in [1.82, 2.24) is 10.2 Å². The molecular formula is C13H16N4O3S2. The zero-order valence-corrected chi connectivity index (χ0v) is 14.0. The van der Waals surface area contributed by atoms with E-state index < -0.39 is 15.9 Å². The molecule has 0 aliphatic rings. The fraction of sp³-hybridized carbons (Fsp3) is 0.308. The molecule has 9 heteroatoms. The molecule has 0 saturated heterocycles. The van der Waals surface area contributed by atoms with Gasteiger partial charge in [0.05, 0.1) is 11.9 Å². The highest BCUT2D eigenvalue weighted by Crippen LogP contribution is 2.22. The van der Waals surface area contributed by atoms with Crippen molar-refractivity contribution in [3.63, 3.8) is 0 Å². The Labute approximate surface area is 133 Å². The first-order valence-corrected chi connectivity index (χ1v) is 9.07. The molecule has 7 nitrogen and oxygen atoms in total. The van der Waals surface area contributed by atoms with E-state index >= 15 is 0 Å². The maximum absolute atomic E-state index is 12.1. The summed E-state index contributed by atoms with van der Waals surface area (Å²) < 4.78 is 25.1. The van der Waals surface area contributed by atoms with E-state index in [9.17, 15) is 13.2 Å². The van der Waals surface area contributed by atoms with Gasteiger partial charge in [0.2, 0.25) is 21.1 Å². The van der Waals surface area contributed by atoms with Crippen LogP contribution < -0.4 is 9.62 Å². The van der Waals surface area contributed by atoms with Crippen molar-refractivity contribution in [2.24, 2.45) is 0 Å². The molecule has 0 aliphatic carbocycles. The largest absolute Gasteiger partial charge is 0.299 e. The summed E-state index contributed by atoms with van der Waals surface area (Å²) >= 11 is 1.23. The molecule has 1 N–H and O–H groups in total. The van der Waals surface area contributed by atoms with E-state index in [0.29, 0.717) is 15.8 Å². The van der Waals surface area contributed by atoms with Gasteiger partial charge in [0, 0.05) is 0 Å². The molecule has 0 saturated carbocycles. The van der Waals surface area contributed by atoms with Gasteiger partial charge in [0.1, 0.15) is 11.6 Å². The number of nitrogens with one attached hydrogen (secondary N) is 1. The van der Waals surface area contributed by atoms with Crippen LogP contribution in [0.15, 0.2) is 24.3 Å². The van der Waals surface area contributed by atoms with Crippen molar-refractivity contribution in [1.29, 1.82) is 0 Å². The Balaban J connectivity index is 2.21. The smallest absolute Gasteiger partial charge is 0.246 e. The van der Waals surface area contributed by atoms with Crippen LogP contribution >= 0.6 is 11.3 Å². The first kappa shape index (κ1) is 16.4. The average molecular weight is 340 g/mol. The second kappa shape index (κ2) is 6.41. The molecular weight excluding hydrogens is 324 g/mol. The summed E-state index contributed by atoms with van der Waals surface area (Å²) in [4.78, 5) is 12.1. The third kappa shape index (κ3) is 4.01. The first-order valence-electron chi connectivity index (χ1n) is 6.40. The lowest BCUT2D eigenvalue weighted by Gasteiger charge is -2.23. The summed E-state index contributed by atoms with van der Waals surface area (Å²) in [5.41, 5.74) is 1.25. The number of aromatic nitrogens is 2. The number of anilines is 2. The number of aryl methyl sites for hydroxylation is 2. The van der Waals surface area contributed by atoms with Crippen LogP contribution in [-0.2, 0) is 14.8 Å². The van der Waals surface area contributed by atoms with Crippen molar-refractivity contribution in [3.8, 4) is 0 Å². The van der Waals surface area contributed by atoms with E-state index in [1.807, 2.05) is 6.07 Å². The Morgan fingerprint density at radius 1 is 1.27 bits per heavy atom. The summed E-state index contributed by atoms with van der Waals surface area (Å²) in [5.74, 6) is -0.468. The Kier molecular flexibility index (Phi) is 4.77. The number of rotatable bonds is 5. The lowest BCUT2D eigenvalue weighted by Crippen LogP contribution is -2.37. The lowest BCUT2D eigenvalue weighted by atomic mass is 10.2. The van der Waals surface area contributed by atoms with Gasteiger partial charge < -0.3 is 0 Å². The van der Waals surface area contributed by atoms with Crippen LogP contribution in [0.5, 0.6) is 0 Å². The van der Waals surface area contributed by atoms with Gasteiger partial charge in [-0.05, 0) is 25.5 Å². The van der Waals surface area contributed by atoms with E-state index in [1.54, 1.807) is 32.0 Å². The minimum atomic E-state index is -3.58. The molecule has 1 aromatic carbocycles. The van der Waals surface area contributed by atoms with Crippen LogP contribution in [0.3, 0.4) is 0 Å². The Hall–Kier alpha value is -2.00. The number of hydrogen-bond donors (Lipinski definition) is 1. The van der Waals surface area contributed by atoms with Crippen LogP contribution in [0.4, 0.5) is 10.8 Å². The summed E-state index contributed by atoms with van der Waals surface area (Å²) in [6.07, 6.45) is 1.07. The quantitative estimate of drug-likeness (QED) is 0.892. The standard InChI is InChI=1S/C13H16N4O3S2/c1-9-6-4-5-7-11(9)17(22(3,19)20)8-12(18)14-13-16-15-10(2)21-13/h4-7H,8H2,1-3H3,(H,14,16,18). The van der Waals surface area contributed by atoms with Crippen molar-refractivity contribution in [2.45, 2.75) is 13.8 Å². The highest BCUT2D eigenvalue weighted by molar-refractivity contribution is 7.92. The summed E-state index contributed by atoms with van der Waals surface area (Å²) in [5, 5.41) is 11.2. The molecule has 2 aromatic rings. The predicted molar refractivity (Wildman–Crippen MR) is 86.6 cm³/mol. The molecule has 0 radical (unpaired) electrons. The van der Waals surface area contributed by atoms with Crippen molar-refractivity contribution in [3.05, 3.63) is 34.8 Å². The fourth-order valence-electron chi connectivity index (χ4n) is 1.86. The Morgan fingerprint density at radius 3 is 2.50 bits per heavy atom. The van der Waals surface area contributed by atoms with E-state index in [2.05, 4.69) is 15.5 Å². The van der Waals surface area contributed by atoms with E-state index in [-0.39, 0.29) is 6.54 Å². The van der Waals surface area contributed by atoms with E-state index in [4.69, 9.17) is 0 Å². The molecule has 0 aliphatic heterocycles. The fourth-order valence-corrected chi connectivity index (χ4v) is 3.38. The van der Waals surface area contributed by atoms with Crippen LogP contribution in [0.2, 0.25) is 0 Å². The summed E-state index contributed by atoms with van der Waals surface area (Å²) in [6.45, 7) is 3.24. The Bertz CT molecular complexity index is 786. The zero-order chi connectivity index (χ0) is 16.3. The second-order valence-corrected chi connectivity index (χ2v) is 7.82. The molecule has 1 aromatic heterocycles. The minimum Gasteiger partial charge on any atom is -0.299 e. The third-order valence-electron chi connectivity index (χ3n) is 2.84. The van der Waals surface area contributed by atoms with Crippen LogP contribution in [0.25, 0.3) is 0 Å². The maximum atomic E-state index is 12.1. The number of carbonyl (C=O) groups excluding carboxylic acids is 1. The highest BCUT2D eigenvalue weighted by atomic mass is 32.2. The molecule has 1 amide bonds. The zero-order valence-electron chi connectivity index (χ0n) is 12.4. The van der Waals surface area contributed by atoms with Crippen molar-refractivity contribution >= 4 is 38.1 Å². The summed E-state index contributed by atoms with van der Waals surface area (Å²) in [6, 6.07) is 6.99. The monoisotopic (exact) mass is 340 g/mol. The summed E-state index contributed by atoms with van der Waals surface area (Å²) in [7, 11) is -3.58. The first-order chi connectivity index (χ1) is 10.3. The molecule has 0 atom stereocenters. The van der Waals surface area contributed by atoms with Crippen LogP contribution in [0, 0.1) is 13.8 Å². The normalized spacial score (nSPS) is 11.2. The van der Waals surface area contributed by atoms with Gasteiger partial charge in [-0.15, -0.1) is 10.2 Å². The maximum Gasteiger partial charge on any atom is 0.246 e. The number of amides is 1. The molecule has 118 valence electrons. The molecule has 0 bridgehead atoms. The van der Waals surface area contributed by atoms with Gasteiger partial charge >= 0.3 is 0 Å². The molecule has 0 unspecified atom stereocenters. The minimum absolute atomic E-state index is 0.317. The van der Waals surface area contributed by atoms with Gasteiger partial charge in [0.25, 0.3) is 0 Å². The van der Waals surface area contributed by atoms with Gasteiger partial charge in [-0.2, -0.15) is 0 Å². The number of para-hydroxylation sites is 1. The van der Waals surface area contributed by atoms with Crippen LogP contribution in [0.1, 0.15) is 10.6 Å². The molecule has 0 spiro atoms. The van der Waals surface area contributed by atoms with E-state index in [1.165, 1.54) is 11.3 Å². The lowest BCUT2D eigenvalue weighted by molar-refractivity contribution is -0.114. The van der Waals surface area contributed by atoms with Gasteiger partial charge in [-0.3, -0.25) is 14.4 Å². The van der Waals surface area contributed by atoms with Crippen molar-refractivity contribution < 1.29 is 13.2 Å².